The summed E-state index contributed by atoms with van der Waals surface area (Å²) in [7, 11) is 2.17. The van der Waals surface area contributed by atoms with E-state index in [0.29, 0.717) is 12.6 Å². The van der Waals surface area contributed by atoms with Gasteiger partial charge in [0.05, 0.1) is 0 Å². The lowest BCUT2D eigenvalue weighted by molar-refractivity contribution is 0.613. The Morgan fingerprint density at radius 3 is 2.65 bits per heavy atom. The van der Waals surface area contributed by atoms with Crippen LogP contribution in [0.25, 0.3) is 0 Å². The molecule has 0 bridgehead atoms. The lowest BCUT2D eigenvalue weighted by atomic mass is 10.1. The van der Waals surface area contributed by atoms with Crippen molar-refractivity contribution in [3.63, 3.8) is 0 Å². The van der Waals surface area contributed by atoms with Gasteiger partial charge >= 0.3 is 0 Å². The van der Waals surface area contributed by atoms with E-state index in [9.17, 15) is 0 Å². The molecule has 1 atom stereocenters. The van der Waals surface area contributed by atoms with Crippen molar-refractivity contribution in [1.82, 2.24) is 0 Å². The maximum Gasteiger partial charge on any atom is 0.0422 e. The van der Waals surface area contributed by atoms with Gasteiger partial charge in [-0.2, -0.15) is 0 Å². The van der Waals surface area contributed by atoms with Gasteiger partial charge in [0.15, 0.2) is 0 Å². The van der Waals surface area contributed by atoms with Crippen LogP contribution < -0.4 is 10.6 Å². The van der Waals surface area contributed by atoms with Crippen molar-refractivity contribution in [3.8, 4) is 0 Å². The van der Waals surface area contributed by atoms with Gasteiger partial charge in [0.25, 0.3) is 0 Å². The molecule has 0 aliphatic rings. The van der Waals surface area contributed by atoms with E-state index in [0.717, 1.165) is 0 Å². The molecule has 0 spiro atoms. The highest BCUT2D eigenvalue weighted by Gasteiger charge is 2.14. The highest BCUT2D eigenvalue weighted by molar-refractivity contribution is 7.98. The largest absolute Gasteiger partial charge is 0.372 e. The Morgan fingerprint density at radius 1 is 1.41 bits per heavy atom. The molecule has 0 aromatic heterocycles. The number of benzene rings is 1. The summed E-state index contributed by atoms with van der Waals surface area (Å²) >= 11 is 1.77. The minimum absolute atomic E-state index is 0.558. The molecule has 0 heterocycles. The van der Waals surface area contributed by atoms with Crippen LogP contribution in [0.5, 0.6) is 0 Å². The Kier molecular flexibility index (Phi) is 5.86. The Morgan fingerprint density at radius 2 is 2.12 bits per heavy atom. The summed E-state index contributed by atoms with van der Waals surface area (Å²) in [4.78, 5) is 3.64. The van der Waals surface area contributed by atoms with E-state index in [4.69, 9.17) is 5.73 Å². The number of hydrogen-bond acceptors (Lipinski definition) is 3. The molecular formula is C14H24N2S. The number of nitrogens with zero attached hydrogens (tertiary/aromatic N) is 1. The van der Waals surface area contributed by atoms with Gasteiger partial charge < -0.3 is 10.6 Å². The molecule has 0 aliphatic heterocycles. The third-order valence-corrected chi connectivity index (χ3v) is 4.10. The molecule has 96 valence electrons. The maximum atomic E-state index is 5.90. The van der Waals surface area contributed by atoms with Crippen LogP contribution in [0.4, 0.5) is 5.69 Å². The summed E-state index contributed by atoms with van der Waals surface area (Å²) in [5.41, 5.74) is 8.45. The monoisotopic (exact) mass is 252 g/mol. The average Bonchev–Trinajstić information content (AvgIpc) is 2.36. The SMILES string of the molecule is CCCC(C)N(C)c1cccc(SC)c1CN. The Labute approximate surface area is 110 Å². The zero-order valence-electron chi connectivity index (χ0n) is 11.4. The smallest absolute Gasteiger partial charge is 0.0422 e. The van der Waals surface area contributed by atoms with Crippen molar-refractivity contribution < 1.29 is 0 Å². The maximum absolute atomic E-state index is 5.90. The van der Waals surface area contributed by atoms with Gasteiger partial charge in [0.2, 0.25) is 0 Å². The molecule has 0 fully saturated rings. The van der Waals surface area contributed by atoms with Crippen LogP contribution in [0.3, 0.4) is 0 Å². The number of thioether (sulfide) groups is 1. The van der Waals surface area contributed by atoms with Crippen LogP contribution in [0.15, 0.2) is 23.1 Å². The van der Waals surface area contributed by atoms with E-state index in [2.05, 4.69) is 50.2 Å². The quantitative estimate of drug-likeness (QED) is 0.786. The molecule has 2 N–H and O–H groups in total. The van der Waals surface area contributed by atoms with Crippen molar-refractivity contribution in [2.24, 2.45) is 5.73 Å². The van der Waals surface area contributed by atoms with Crippen molar-refractivity contribution >= 4 is 17.4 Å². The Balaban J connectivity index is 3.03. The highest BCUT2D eigenvalue weighted by atomic mass is 32.2. The first-order valence-corrected chi connectivity index (χ1v) is 7.46. The Bertz CT molecular complexity index is 352. The third kappa shape index (κ3) is 3.39. The topological polar surface area (TPSA) is 29.3 Å². The van der Waals surface area contributed by atoms with Crippen LogP contribution in [-0.2, 0) is 6.54 Å². The first-order chi connectivity index (χ1) is 8.15. The van der Waals surface area contributed by atoms with E-state index in [1.54, 1.807) is 11.8 Å². The molecule has 1 unspecified atom stereocenters. The molecule has 0 saturated carbocycles. The summed E-state index contributed by atoms with van der Waals surface area (Å²) in [5.74, 6) is 0. The van der Waals surface area contributed by atoms with Gasteiger partial charge in [-0.15, -0.1) is 11.8 Å². The normalized spacial score (nSPS) is 12.5. The zero-order chi connectivity index (χ0) is 12.8. The molecule has 0 saturated heterocycles. The van der Waals surface area contributed by atoms with Crippen molar-refractivity contribution in [1.29, 1.82) is 0 Å². The average molecular weight is 252 g/mol. The summed E-state index contributed by atoms with van der Waals surface area (Å²) in [6.45, 7) is 5.11. The summed E-state index contributed by atoms with van der Waals surface area (Å²) in [6, 6.07) is 7.00. The Hall–Kier alpha value is -0.670. The third-order valence-electron chi connectivity index (χ3n) is 3.28. The number of hydrogen-bond donors (Lipinski definition) is 1. The second-order valence-electron chi connectivity index (χ2n) is 4.41. The predicted molar refractivity (Wildman–Crippen MR) is 78.9 cm³/mol. The summed E-state index contributed by atoms with van der Waals surface area (Å²) in [5, 5.41) is 0. The number of nitrogens with two attached hydrogens (primary N) is 1. The van der Waals surface area contributed by atoms with Gasteiger partial charge in [-0.25, -0.2) is 0 Å². The zero-order valence-corrected chi connectivity index (χ0v) is 12.2. The molecular weight excluding hydrogens is 228 g/mol. The second-order valence-corrected chi connectivity index (χ2v) is 5.26. The fraction of sp³-hybridized carbons (Fsp3) is 0.571. The first kappa shape index (κ1) is 14.4. The molecule has 2 nitrogen and oxygen atoms in total. The van der Waals surface area contributed by atoms with E-state index < -0.39 is 0 Å². The minimum atomic E-state index is 0.558. The fourth-order valence-corrected chi connectivity index (χ4v) is 2.78. The van der Waals surface area contributed by atoms with Crippen LogP contribution in [0.1, 0.15) is 32.3 Å². The fourth-order valence-electron chi connectivity index (χ4n) is 2.13. The molecule has 1 aromatic carbocycles. The molecule has 3 heteroatoms. The number of anilines is 1. The van der Waals surface area contributed by atoms with E-state index >= 15 is 0 Å². The van der Waals surface area contributed by atoms with Gasteiger partial charge in [-0.05, 0) is 31.7 Å². The standard InChI is InChI=1S/C14H24N2S/c1-5-7-11(2)16(3)13-8-6-9-14(17-4)12(13)10-15/h6,8-9,11H,5,7,10,15H2,1-4H3. The van der Waals surface area contributed by atoms with E-state index in [-0.39, 0.29) is 0 Å². The second kappa shape index (κ2) is 6.92. The lowest BCUT2D eigenvalue weighted by Crippen LogP contribution is -2.29. The molecule has 17 heavy (non-hydrogen) atoms. The van der Waals surface area contributed by atoms with Gasteiger partial charge in [0, 0.05) is 35.8 Å². The van der Waals surface area contributed by atoms with Crippen molar-refractivity contribution in [2.75, 3.05) is 18.2 Å². The van der Waals surface area contributed by atoms with Gasteiger partial charge in [-0.3, -0.25) is 0 Å². The lowest BCUT2D eigenvalue weighted by Gasteiger charge is -2.29. The predicted octanol–water partition coefficient (Wildman–Crippen LogP) is 3.49. The van der Waals surface area contributed by atoms with E-state index in [1.807, 2.05) is 0 Å². The van der Waals surface area contributed by atoms with Crippen molar-refractivity contribution in [2.45, 2.75) is 44.2 Å². The molecule has 0 aliphatic carbocycles. The van der Waals surface area contributed by atoms with Crippen LogP contribution in [0, 0.1) is 0 Å². The first-order valence-electron chi connectivity index (χ1n) is 6.24. The van der Waals surface area contributed by atoms with Crippen LogP contribution >= 0.6 is 11.8 Å². The highest BCUT2D eigenvalue weighted by Crippen LogP contribution is 2.30. The molecule has 1 aromatic rings. The molecule has 1 rings (SSSR count). The summed E-state index contributed by atoms with van der Waals surface area (Å²) in [6.07, 6.45) is 4.53. The van der Waals surface area contributed by atoms with Crippen molar-refractivity contribution in [3.05, 3.63) is 23.8 Å². The van der Waals surface area contributed by atoms with Crippen LogP contribution in [0.2, 0.25) is 0 Å². The minimum Gasteiger partial charge on any atom is -0.372 e. The summed E-state index contributed by atoms with van der Waals surface area (Å²) < 4.78 is 0. The van der Waals surface area contributed by atoms with Gasteiger partial charge in [-0.1, -0.05) is 19.4 Å². The number of rotatable bonds is 6. The van der Waals surface area contributed by atoms with Crippen LogP contribution in [-0.4, -0.2) is 19.3 Å². The van der Waals surface area contributed by atoms with E-state index in [1.165, 1.54) is 29.0 Å². The van der Waals surface area contributed by atoms with Gasteiger partial charge in [0.1, 0.15) is 0 Å². The molecule has 0 radical (unpaired) electrons. The molecule has 0 amide bonds.